The Bertz CT molecular complexity index is 122. The Morgan fingerprint density at radius 2 is 1.50 bits per heavy atom. The van der Waals surface area contributed by atoms with Crippen molar-refractivity contribution in [3.63, 3.8) is 0 Å². The lowest BCUT2D eigenvalue weighted by molar-refractivity contribution is 0.0693. The van der Waals surface area contributed by atoms with E-state index < -0.39 is 0 Å². The summed E-state index contributed by atoms with van der Waals surface area (Å²) in [5.41, 5.74) is 0. The summed E-state index contributed by atoms with van der Waals surface area (Å²) in [4.78, 5) is 0. The molecule has 2 fully saturated rings. The highest BCUT2D eigenvalue weighted by Gasteiger charge is 2.35. The van der Waals surface area contributed by atoms with E-state index >= 15 is 0 Å². The highest BCUT2D eigenvalue weighted by Crippen LogP contribution is 2.45. The molecule has 0 aromatic heterocycles. The molecule has 0 saturated heterocycles. The fraction of sp³-hybridized carbons (Fsp3) is 1.00. The molecule has 2 aliphatic carbocycles. The van der Waals surface area contributed by atoms with Crippen LogP contribution in [0.15, 0.2) is 0 Å². The summed E-state index contributed by atoms with van der Waals surface area (Å²) < 4.78 is 0. The molecular weight excluding hydrogens is 148 g/mol. The van der Waals surface area contributed by atoms with Gasteiger partial charge in [-0.1, -0.05) is 38.5 Å². The zero-order valence-electron chi connectivity index (χ0n) is 7.84. The zero-order chi connectivity index (χ0) is 8.39. The summed E-state index contributed by atoms with van der Waals surface area (Å²) in [7, 11) is 0. The molecule has 1 heteroatoms. The van der Waals surface area contributed by atoms with Gasteiger partial charge in [0.2, 0.25) is 0 Å². The van der Waals surface area contributed by atoms with Gasteiger partial charge in [0.05, 0.1) is 0 Å². The second-order valence-corrected chi connectivity index (χ2v) is 4.56. The molecule has 0 unspecified atom stereocenters. The van der Waals surface area contributed by atoms with E-state index in [1.807, 2.05) is 0 Å². The Labute approximate surface area is 75.2 Å². The molecule has 0 bridgehead atoms. The van der Waals surface area contributed by atoms with Crippen LogP contribution in [0.5, 0.6) is 0 Å². The third-order valence-electron chi connectivity index (χ3n) is 3.97. The van der Waals surface area contributed by atoms with Gasteiger partial charge in [-0.25, -0.2) is 0 Å². The van der Waals surface area contributed by atoms with Crippen molar-refractivity contribution in [2.45, 2.75) is 44.9 Å². The first-order valence-corrected chi connectivity index (χ1v) is 5.52. The third-order valence-corrected chi connectivity index (χ3v) is 3.97. The van der Waals surface area contributed by atoms with Gasteiger partial charge >= 0.3 is 0 Å². The van der Waals surface area contributed by atoms with Crippen molar-refractivity contribution in [1.82, 2.24) is 0 Å². The van der Waals surface area contributed by atoms with Crippen molar-refractivity contribution in [2.24, 2.45) is 17.8 Å². The molecule has 0 spiro atoms. The highest BCUT2D eigenvalue weighted by molar-refractivity contribution is 4.86. The van der Waals surface area contributed by atoms with Crippen LogP contribution in [-0.4, -0.2) is 11.7 Å². The van der Waals surface area contributed by atoms with Crippen LogP contribution in [0.4, 0.5) is 0 Å². The lowest BCUT2D eigenvalue weighted by Gasteiger charge is -2.42. The van der Waals surface area contributed by atoms with Crippen molar-refractivity contribution < 1.29 is 5.11 Å². The summed E-state index contributed by atoms with van der Waals surface area (Å²) in [6, 6.07) is 0. The van der Waals surface area contributed by atoms with Crippen LogP contribution in [0, 0.1) is 17.8 Å². The Morgan fingerprint density at radius 3 is 1.75 bits per heavy atom. The molecule has 12 heavy (non-hydrogen) atoms. The fourth-order valence-corrected chi connectivity index (χ4v) is 2.74. The average molecular weight is 168 g/mol. The number of aliphatic hydroxyl groups excluding tert-OH is 1. The molecule has 0 aromatic rings. The minimum absolute atomic E-state index is 0.414. The third kappa shape index (κ3) is 1.52. The van der Waals surface area contributed by atoms with Crippen LogP contribution in [-0.2, 0) is 0 Å². The van der Waals surface area contributed by atoms with Crippen LogP contribution in [0.3, 0.4) is 0 Å². The predicted molar refractivity (Wildman–Crippen MR) is 49.9 cm³/mol. The normalized spacial score (nSPS) is 25.5. The largest absolute Gasteiger partial charge is 0.396 e. The number of aliphatic hydroxyl groups is 1. The SMILES string of the molecule is OCCC(C1CCC1)C1CCC1. The molecule has 0 aliphatic heterocycles. The first-order valence-electron chi connectivity index (χ1n) is 5.52. The minimum atomic E-state index is 0.414. The first-order chi connectivity index (χ1) is 5.92. The van der Waals surface area contributed by atoms with E-state index in [0.29, 0.717) is 6.61 Å². The van der Waals surface area contributed by atoms with Crippen LogP contribution in [0.25, 0.3) is 0 Å². The van der Waals surface area contributed by atoms with Crippen LogP contribution in [0.1, 0.15) is 44.9 Å². The first kappa shape index (κ1) is 8.55. The Morgan fingerprint density at radius 1 is 1.00 bits per heavy atom. The Kier molecular flexibility index (Phi) is 2.69. The number of hydrogen-bond donors (Lipinski definition) is 1. The zero-order valence-corrected chi connectivity index (χ0v) is 7.84. The maximum Gasteiger partial charge on any atom is 0.0433 e. The van der Waals surface area contributed by atoms with Gasteiger partial charge in [0, 0.05) is 6.61 Å². The summed E-state index contributed by atoms with van der Waals surface area (Å²) in [6.07, 6.45) is 9.75. The monoisotopic (exact) mass is 168 g/mol. The molecule has 2 rings (SSSR count). The van der Waals surface area contributed by atoms with E-state index in [1.165, 1.54) is 38.5 Å². The van der Waals surface area contributed by atoms with E-state index in [1.54, 1.807) is 0 Å². The van der Waals surface area contributed by atoms with Gasteiger partial charge in [0.1, 0.15) is 0 Å². The standard InChI is InChI=1S/C11H20O/c12-8-7-11(9-3-1-4-9)10-5-2-6-10/h9-12H,1-8H2. The second-order valence-electron chi connectivity index (χ2n) is 4.56. The molecule has 2 aliphatic rings. The van der Waals surface area contributed by atoms with Gasteiger partial charge in [-0.05, 0) is 24.2 Å². The fourth-order valence-electron chi connectivity index (χ4n) is 2.74. The van der Waals surface area contributed by atoms with Crippen LogP contribution < -0.4 is 0 Å². The van der Waals surface area contributed by atoms with Gasteiger partial charge in [0.15, 0.2) is 0 Å². The number of hydrogen-bond acceptors (Lipinski definition) is 1. The van der Waals surface area contributed by atoms with Gasteiger partial charge in [-0.3, -0.25) is 0 Å². The summed E-state index contributed by atoms with van der Waals surface area (Å²) in [5, 5.41) is 8.97. The predicted octanol–water partition coefficient (Wildman–Crippen LogP) is 2.59. The lowest BCUT2D eigenvalue weighted by Crippen LogP contribution is -2.32. The van der Waals surface area contributed by atoms with Crippen molar-refractivity contribution in [2.75, 3.05) is 6.61 Å². The van der Waals surface area contributed by atoms with Crippen molar-refractivity contribution in [1.29, 1.82) is 0 Å². The number of rotatable bonds is 4. The molecule has 0 amide bonds. The van der Waals surface area contributed by atoms with E-state index in [0.717, 1.165) is 24.2 Å². The van der Waals surface area contributed by atoms with Crippen molar-refractivity contribution in [3.05, 3.63) is 0 Å². The van der Waals surface area contributed by atoms with Crippen molar-refractivity contribution >= 4 is 0 Å². The van der Waals surface area contributed by atoms with E-state index in [4.69, 9.17) is 5.11 Å². The Hall–Kier alpha value is -0.0400. The molecule has 1 nitrogen and oxygen atoms in total. The highest BCUT2D eigenvalue weighted by atomic mass is 16.3. The summed E-state index contributed by atoms with van der Waals surface area (Å²) >= 11 is 0. The maximum absolute atomic E-state index is 8.97. The molecular formula is C11H20O. The van der Waals surface area contributed by atoms with E-state index in [9.17, 15) is 0 Å². The van der Waals surface area contributed by atoms with Crippen molar-refractivity contribution in [3.8, 4) is 0 Å². The quantitative estimate of drug-likeness (QED) is 0.684. The molecule has 0 radical (unpaired) electrons. The smallest absolute Gasteiger partial charge is 0.0433 e. The molecule has 1 N–H and O–H groups in total. The molecule has 0 heterocycles. The van der Waals surface area contributed by atoms with Crippen LogP contribution in [0.2, 0.25) is 0 Å². The average Bonchev–Trinajstić information content (AvgIpc) is 1.79. The van der Waals surface area contributed by atoms with Gasteiger partial charge in [0.25, 0.3) is 0 Å². The maximum atomic E-state index is 8.97. The van der Waals surface area contributed by atoms with Gasteiger partial charge < -0.3 is 5.11 Å². The van der Waals surface area contributed by atoms with Gasteiger partial charge in [-0.2, -0.15) is 0 Å². The minimum Gasteiger partial charge on any atom is -0.396 e. The molecule has 0 atom stereocenters. The van der Waals surface area contributed by atoms with E-state index in [-0.39, 0.29) is 0 Å². The van der Waals surface area contributed by atoms with Crippen LogP contribution >= 0.6 is 0 Å². The second kappa shape index (κ2) is 3.78. The van der Waals surface area contributed by atoms with Gasteiger partial charge in [-0.15, -0.1) is 0 Å². The Balaban J connectivity index is 1.82. The molecule has 0 aromatic carbocycles. The molecule has 70 valence electrons. The molecule has 2 saturated carbocycles. The summed E-state index contributed by atoms with van der Waals surface area (Å²) in [6.45, 7) is 0.414. The lowest BCUT2D eigenvalue weighted by atomic mass is 9.63. The summed E-state index contributed by atoms with van der Waals surface area (Å²) in [5.74, 6) is 2.86. The van der Waals surface area contributed by atoms with E-state index in [2.05, 4.69) is 0 Å². The topological polar surface area (TPSA) is 20.2 Å².